The minimum Gasteiger partial charge on any atom is -0.0619 e. The highest BCUT2D eigenvalue weighted by molar-refractivity contribution is 5.97. The minimum atomic E-state index is 0.0701. The molecule has 91 valence electrons. The Balaban J connectivity index is 2.20. The Morgan fingerprint density at radius 1 is 0.842 bits per heavy atom. The lowest BCUT2D eigenvalue weighted by Gasteiger charge is -2.23. The molecule has 0 fully saturated rings. The average Bonchev–Trinajstić information content (AvgIpc) is 2.68. The lowest BCUT2D eigenvalue weighted by molar-refractivity contribution is 0.666. The summed E-state index contributed by atoms with van der Waals surface area (Å²) in [5.74, 6) is 0. The lowest BCUT2D eigenvalue weighted by Crippen LogP contribution is -2.15. The molecular weight excluding hydrogens is 228 g/mol. The van der Waals surface area contributed by atoms with Crippen LogP contribution in [0.25, 0.3) is 21.9 Å². The van der Waals surface area contributed by atoms with Crippen molar-refractivity contribution in [2.75, 3.05) is 0 Å². The summed E-state index contributed by atoms with van der Waals surface area (Å²) in [4.78, 5) is 0. The predicted molar refractivity (Wildman–Crippen MR) is 80.3 cm³/mol. The van der Waals surface area contributed by atoms with Gasteiger partial charge in [0.05, 0.1) is 0 Å². The Labute approximate surface area is 113 Å². The van der Waals surface area contributed by atoms with Crippen LogP contribution in [0.4, 0.5) is 0 Å². The summed E-state index contributed by atoms with van der Waals surface area (Å²) in [6.07, 6.45) is 0. The maximum absolute atomic E-state index is 3.35. The fourth-order valence-corrected chi connectivity index (χ4v) is 3.50. The summed E-state index contributed by atoms with van der Waals surface area (Å²) in [5.41, 5.74) is 5.71. The highest BCUT2D eigenvalue weighted by Gasteiger charge is 2.36. The molecule has 4 rings (SSSR count). The Kier molecular flexibility index (Phi) is 1.98. The molecular formula is C19H15. The summed E-state index contributed by atoms with van der Waals surface area (Å²) < 4.78 is 0. The average molecular weight is 243 g/mol. The highest BCUT2D eigenvalue weighted by Crippen LogP contribution is 2.50. The summed E-state index contributed by atoms with van der Waals surface area (Å²) in [6.45, 7) is 4.65. The van der Waals surface area contributed by atoms with Gasteiger partial charge in [-0.15, -0.1) is 0 Å². The molecule has 3 aromatic rings. The van der Waals surface area contributed by atoms with Crippen molar-refractivity contribution in [1.82, 2.24) is 0 Å². The molecule has 0 heteroatoms. The maximum atomic E-state index is 3.35. The standard InChI is InChI=1S/C19H15/c1-19(2)17-10-6-5-9-15(17)16-12-11-13-7-3-4-8-14(13)18(16)19/h3-6,8-12H,1-2H3. The van der Waals surface area contributed by atoms with Gasteiger partial charge in [-0.25, -0.2) is 0 Å². The fourth-order valence-electron chi connectivity index (χ4n) is 3.50. The van der Waals surface area contributed by atoms with Crippen LogP contribution in [0.15, 0.2) is 54.6 Å². The Morgan fingerprint density at radius 2 is 1.68 bits per heavy atom. The van der Waals surface area contributed by atoms with Crippen LogP contribution in [0, 0.1) is 6.07 Å². The molecule has 0 saturated heterocycles. The first-order valence-electron chi connectivity index (χ1n) is 6.73. The molecule has 0 bridgehead atoms. The number of hydrogen-bond donors (Lipinski definition) is 0. The maximum Gasteiger partial charge on any atom is 0.0165 e. The van der Waals surface area contributed by atoms with Crippen molar-refractivity contribution in [3.8, 4) is 11.1 Å². The van der Waals surface area contributed by atoms with Crippen LogP contribution in [0.1, 0.15) is 25.0 Å². The first-order valence-corrected chi connectivity index (χ1v) is 6.73. The third-order valence-electron chi connectivity index (χ3n) is 4.36. The molecule has 1 aliphatic rings. The Morgan fingerprint density at radius 3 is 2.58 bits per heavy atom. The van der Waals surface area contributed by atoms with Crippen LogP contribution in [0.3, 0.4) is 0 Å². The molecule has 0 unspecified atom stereocenters. The number of hydrogen-bond acceptors (Lipinski definition) is 0. The molecule has 0 aromatic heterocycles. The minimum absolute atomic E-state index is 0.0701. The van der Waals surface area contributed by atoms with E-state index in [-0.39, 0.29) is 5.41 Å². The van der Waals surface area contributed by atoms with Gasteiger partial charge in [0.25, 0.3) is 0 Å². The topological polar surface area (TPSA) is 0 Å². The van der Waals surface area contributed by atoms with Crippen molar-refractivity contribution < 1.29 is 0 Å². The number of fused-ring (bicyclic) bond motifs is 5. The second-order valence-electron chi connectivity index (χ2n) is 5.79. The zero-order valence-electron chi connectivity index (χ0n) is 11.2. The van der Waals surface area contributed by atoms with Crippen molar-refractivity contribution in [3.63, 3.8) is 0 Å². The van der Waals surface area contributed by atoms with Crippen molar-refractivity contribution >= 4 is 10.8 Å². The quantitative estimate of drug-likeness (QED) is 0.524. The molecule has 0 N–H and O–H groups in total. The second kappa shape index (κ2) is 3.48. The smallest absolute Gasteiger partial charge is 0.0165 e. The van der Waals surface area contributed by atoms with Crippen LogP contribution < -0.4 is 0 Å². The van der Waals surface area contributed by atoms with Gasteiger partial charge in [-0.1, -0.05) is 68.4 Å². The Bertz CT molecular complexity index is 794. The molecule has 1 radical (unpaired) electrons. The highest BCUT2D eigenvalue weighted by atomic mass is 14.4. The van der Waals surface area contributed by atoms with Crippen molar-refractivity contribution in [2.45, 2.75) is 19.3 Å². The monoisotopic (exact) mass is 243 g/mol. The van der Waals surface area contributed by atoms with Crippen molar-refractivity contribution in [2.24, 2.45) is 0 Å². The largest absolute Gasteiger partial charge is 0.0619 e. The van der Waals surface area contributed by atoms with Crippen LogP contribution in [0.5, 0.6) is 0 Å². The van der Waals surface area contributed by atoms with Gasteiger partial charge >= 0.3 is 0 Å². The molecule has 0 spiro atoms. The summed E-state index contributed by atoms with van der Waals surface area (Å²) in [7, 11) is 0. The van der Waals surface area contributed by atoms with E-state index >= 15 is 0 Å². The van der Waals surface area contributed by atoms with Gasteiger partial charge in [0.2, 0.25) is 0 Å². The predicted octanol–water partition coefficient (Wildman–Crippen LogP) is 4.95. The molecule has 0 nitrogen and oxygen atoms in total. The fraction of sp³-hybridized carbons (Fsp3) is 0.158. The van der Waals surface area contributed by atoms with Gasteiger partial charge in [0.1, 0.15) is 0 Å². The zero-order chi connectivity index (χ0) is 13.0. The van der Waals surface area contributed by atoms with Gasteiger partial charge in [-0.2, -0.15) is 0 Å². The van der Waals surface area contributed by atoms with Gasteiger partial charge < -0.3 is 0 Å². The number of rotatable bonds is 0. The summed E-state index contributed by atoms with van der Waals surface area (Å²) in [6, 6.07) is 22.8. The van der Waals surface area contributed by atoms with Crippen molar-refractivity contribution in [1.29, 1.82) is 0 Å². The molecule has 0 atom stereocenters. The van der Waals surface area contributed by atoms with Crippen LogP contribution in [-0.4, -0.2) is 0 Å². The molecule has 0 saturated carbocycles. The van der Waals surface area contributed by atoms with Crippen LogP contribution >= 0.6 is 0 Å². The molecule has 3 aromatic carbocycles. The van der Waals surface area contributed by atoms with E-state index in [1.165, 1.54) is 33.0 Å². The first kappa shape index (κ1) is 10.8. The first-order chi connectivity index (χ1) is 9.19. The molecule has 19 heavy (non-hydrogen) atoms. The lowest BCUT2D eigenvalue weighted by atomic mass is 9.80. The SMILES string of the molecule is CC1(C)c2ccccc2-c2ccc3[c]cccc3c21. The van der Waals surface area contributed by atoms with Crippen LogP contribution in [0.2, 0.25) is 0 Å². The van der Waals surface area contributed by atoms with Gasteiger partial charge in [-0.3, -0.25) is 0 Å². The van der Waals surface area contributed by atoms with E-state index in [9.17, 15) is 0 Å². The van der Waals surface area contributed by atoms with E-state index in [4.69, 9.17) is 0 Å². The van der Waals surface area contributed by atoms with Gasteiger partial charge in [0.15, 0.2) is 0 Å². The van der Waals surface area contributed by atoms with E-state index in [1.54, 1.807) is 0 Å². The Hall–Kier alpha value is -2.08. The van der Waals surface area contributed by atoms with E-state index in [0.717, 1.165) is 0 Å². The summed E-state index contributed by atoms with van der Waals surface area (Å²) >= 11 is 0. The molecule has 0 amide bonds. The summed E-state index contributed by atoms with van der Waals surface area (Å²) in [5, 5.41) is 2.54. The molecule has 1 aliphatic carbocycles. The van der Waals surface area contributed by atoms with E-state index in [0.29, 0.717) is 0 Å². The third-order valence-corrected chi connectivity index (χ3v) is 4.36. The van der Waals surface area contributed by atoms with Gasteiger partial charge in [-0.05, 0) is 39.1 Å². The normalized spacial score (nSPS) is 15.3. The van der Waals surface area contributed by atoms with E-state index in [2.05, 4.69) is 68.4 Å². The zero-order valence-corrected chi connectivity index (χ0v) is 11.2. The number of benzene rings is 3. The van der Waals surface area contributed by atoms with E-state index < -0.39 is 0 Å². The third kappa shape index (κ3) is 1.29. The van der Waals surface area contributed by atoms with E-state index in [1.807, 2.05) is 6.07 Å². The van der Waals surface area contributed by atoms with Crippen molar-refractivity contribution in [3.05, 3.63) is 71.8 Å². The molecule has 0 heterocycles. The molecule has 0 aliphatic heterocycles. The van der Waals surface area contributed by atoms with Gasteiger partial charge in [0, 0.05) is 5.41 Å². The second-order valence-corrected chi connectivity index (χ2v) is 5.79. The van der Waals surface area contributed by atoms with Crippen LogP contribution in [-0.2, 0) is 5.41 Å².